The van der Waals surface area contributed by atoms with Crippen LogP contribution in [0.5, 0.6) is 0 Å². The van der Waals surface area contributed by atoms with E-state index in [1.54, 1.807) is 17.4 Å². The van der Waals surface area contributed by atoms with Crippen LogP contribution in [0.4, 0.5) is 0 Å². The van der Waals surface area contributed by atoms with Crippen molar-refractivity contribution in [1.82, 2.24) is 20.0 Å². The molecule has 1 N–H and O–H groups in total. The van der Waals surface area contributed by atoms with E-state index in [2.05, 4.69) is 10.4 Å². The van der Waals surface area contributed by atoms with Crippen molar-refractivity contribution in [3.05, 3.63) is 39.4 Å². The number of amides is 1. The maximum absolute atomic E-state index is 12.6. The zero-order valence-corrected chi connectivity index (χ0v) is 13.5. The fourth-order valence-electron chi connectivity index (χ4n) is 2.56. The SMILES string of the molecule is CCn1cc(C(=O)NN2CCOCC2)c(=O)c2cc(Cl)ncc21. The summed E-state index contributed by atoms with van der Waals surface area (Å²) in [6.45, 7) is 4.84. The summed E-state index contributed by atoms with van der Waals surface area (Å²) >= 11 is 5.89. The molecule has 0 aliphatic carbocycles. The molecule has 0 spiro atoms. The molecule has 3 heterocycles. The van der Waals surface area contributed by atoms with Gasteiger partial charge < -0.3 is 9.30 Å². The van der Waals surface area contributed by atoms with Crippen LogP contribution in [0.2, 0.25) is 5.15 Å². The Labute approximate surface area is 137 Å². The zero-order chi connectivity index (χ0) is 16.4. The molecule has 0 saturated carbocycles. The number of aromatic nitrogens is 2. The van der Waals surface area contributed by atoms with E-state index in [9.17, 15) is 9.59 Å². The quantitative estimate of drug-likeness (QED) is 0.848. The summed E-state index contributed by atoms with van der Waals surface area (Å²) < 4.78 is 7.05. The van der Waals surface area contributed by atoms with E-state index in [-0.39, 0.29) is 16.1 Å². The minimum Gasteiger partial charge on any atom is -0.379 e. The molecule has 122 valence electrons. The van der Waals surface area contributed by atoms with Crippen LogP contribution in [0.1, 0.15) is 17.3 Å². The molecular formula is C15H17ClN4O3. The van der Waals surface area contributed by atoms with Crippen molar-refractivity contribution in [3.8, 4) is 0 Å². The van der Waals surface area contributed by atoms with Crippen molar-refractivity contribution >= 4 is 28.4 Å². The molecule has 7 nitrogen and oxygen atoms in total. The Hall–Kier alpha value is -1.96. The Morgan fingerprint density at radius 1 is 1.43 bits per heavy atom. The van der Waals surface area contributed by atoms with Gasteiger partial charge in [-0.25, -0.2) is 9.99 Å². The molecule has 1 amide bonds. The van der Waals surface area contributed by atoms with Crippen LogP contribution in [-0.2, 0) is 11.3 Å². The normalized spacial score (nSPS) is 15.7. The van der Waals surface area contributed by atoms with Crippen molar-refractivity contribution in [2.24, 2.45) is 0 Å². The number of rotatable bonds is 3. The molecule has 23 heavy (non-hydrogen) atoms. The third-order valence-corrected chi connectivity index (χ3v) is 4.00. The predicted molar refractivity (Wildman–Crippen MR) is 86.5 cm³/mol. The lowest BCUT2D eigenvalue weighted by atomic mass is 10.1. The van der Waals surface area contributed by atoms with Gasteiger partial charge in [-0.2, -0.15) is 0 Å². The fraction of sp³-hybridized carbons (Fsp3) is 0.400. The highest BCUT2D eigenvalue weighted by Crippen LogP contribution is 2.15. The smallest absolute Gasteiger partial charge is 0.271 e. The van der Waals surface area contributed by atoms with Crippen molar-refractivity contribution in [3.63, 3.8) is 0 Å². The molecule has 1 saturated heterocycles. The van der Waals surface area contributed by atoms with Crippen molar-refractivity contribution in [2.75, 3.05) is 26.3 Å². The summed E-state index contributed by atoms with van der Waals surface area (Å²) in [6.07, 6.45) is 3.11. The molecule has 3 rings (SSSR count). The summed E-state index contributed by atoms with van der Waals surface area (Å²) in [5.41, 5.74) is 3.16. The van der Waals surface area contributed by atoms with Gasteiger partial charge in [0.1, 0.15) is 10.7 Å². The lowest BCUT2D eigenvalue weighted by molar-refractivity contribution is 0.0126. The van der Waals surface area contributed by atoms with E-state index in [4.69, 9.17) is 16.3 Å². The minimum absolute atomic E-state index is 0.0908. The lowest BCUT2D eigenvalue weighted by Crippen LogP contribution is -2.49. The Bertz CT molecular complexity index is 799. The number of hydrogen-bond donors (Lipinski definition) is 1. The maximum Gasteiger partial charge on any atom is 0.271 e. The number of nitrogens with zero attached hydrogens (tertiary/aromatic N) is 3. The van der Waals surface area contributed by atoms with Gasteiger partial charge in [0.15, 0.2) is 0 Å². The molecule has 2 aromatic rings. The number of carbonyl (C=O) groups is 1. The second-order valence-corrected chi connectivity index (χ2v) is 5.61. The molecular weight excluding hydrogens is 320 g/mol. The number of carbonyl (C=O) groups excluding carboxylic acids is 1. The standard InChI is InChI=1S/C15H17ClN4O3/c1-2-19-9-11(15(22)18-20-3-5-23-6-4-20)14(21)10-7-13(16)17-8-12(10)19/h7-9H,2-6H2,1H3,(H,18,22). The summed E-state index contributed by atoms with van der Waals surface area (Å²) in [5.74, 6) is -0.422. The van der Waals surface area contributed by atoms with Gasteiger partial charge in [0.25, 0.3) is 5.91 Å². The molecule has 0 atom stereocenters. The van der Waals surface area contributed by atoms with Gasteiger partial charge in [-0.05, 0) is 13.0 Å². The highest BCUT2D eigenvalue weighted by atomic mass is 35.5. The van der Waals surface area contributed by atoms with Gasteiger partial charge in [-0.3, -0.25) is 15.0 Å². The summed E-state index contributed by atoms with van der Waals surface area (Å²) in [4.78, 5) is 29.1. The third-order valence-electron chi connectivity index (χ3n) is 3.79. The molecule has 8 heteroatoms. The summed E-state index contributed by atoms with van der Waals surface area (Å²) in [5, 5.41) is 2.37. The molecule has 0 bridgehead atoms. The fourth-order valence-corrected chi connectivity index (χ4v) is 2.72. The first-order valence-corrected chi connectivity index (χ1v) is 7.80. The summed E-state index contributed by atoms with van der Waals surface area (Å²) in [7, 11) is 0. The number of nitrogens with one attached hydrogen (secondary N) is 1. The number of morpholine rings is 1. The van der Waals surface area contributed by atoms with Gasteiger partial charge in [-0.1, -0.05) is 11.6 Å². The molecule has 0 radical (unpaired) electrons. The number of halogens is 1. The van der Waals surface area contributed by atoms with Crippen LogP contribution in [-0.4, -0.2) is 46.8 Å². The van der Waals surface area contributed by atoms with Crippen molar-refractivity contribution in [1.29, 1.82) is 0 Å². The predicted octanol–water partition coefficient (Wildman–Crippen LogP) is 1.05. The third kappa shape index (κ3) is 3.21. The van der Waals surface area contributed by atoms with Gasteiger partial charge in [0.2, 0.25) is 5.43 Å². The van der Waals surface area contributed by atoms with E-state index in [0.29, 0.717) is 43.8 Å². The highest BCUT2D eigenvalue weighted by Gasteiger charge is 2.19. The Kier molecular flexibility index (Phi) is 4.61. The van der Waals surface area contributed by atoms with Crippen LogP contribution in [0.25, 0.3) is 10.9 Å². The topological polar surface area (TPSA) is 76.5 Å². The average Bonchev–Trinajstić information content (AvgIpc) is 2.56. The van der Waals surface area contributed by atoms with Crippen LogP contribution in [0.3, 0.4) is 0 Å². The van der Waals surface area contributed by atoms with Crippen molar-refractivity contribution < 1.29 is 9.53 Å². The zero-order valence-electron chi connectivity index (χ0n) is 12.7. The van der Waals surface area contributed by atoms with E-state index in [1.807, 2.05) is 11.5 Å². The van der Waals surface area contributed by atoms with E-state index < -0.39 is 5.91 Å². The monoisotopic (exact) mass is 336 g/mol. The molecule has 1 fully saturated rings. The number of aryl methyl sites for hydroxylation is 1. The van der Waals surface area contributed by atoms with E-state index in [0.717, 1.165) is 0 Å². The van der Waals surface area contributed by atoms with E-state index >= 15 is 0 Å². The molecule has 1 aliphatic rings. The van der Waals surface area contributed by atoms with Crippen LogP contribution >= 0.6 is 11.6 Å². The highest BCUT2D eigenvalue weighted by molar-refractivity contribution is 6.30. The first-order valence-electron chi connectivity index (χ1n) is 7.42. The van der Waals surface area contributed by atoms with Crippen molar-refractivity contribution in [2.45, 2.75) is 13.5 Å². The number of fused-ring (bicyclic) bond motifs is 1. The first kappa shape index (κ1) is 15.9. The number of ether oxygens (including phenoxy) is 1. The Morgan fingerprint density at radius 3 is 2.87 bits per heavy atom. The van der Waals surface area contributed by atoms with Gasteiger partial charge in [0.05, 0.1) is 30.3 Å². The van der Waals surface area contributed by atoms with E-state index in [1.165, 1.54) is 6.07 Å². The van der Waals surface area contributed by atoms with Gasteiger partial charge in [0, 0.05) is 25.8 Å². The second-order valence-electron chi connectivity index (χ2n) is 5.22. The minimum atomic E-state index is -0.422. The molecule has 0 aromatic carbocycles. The van der Waals surface area contributed by atoms with Crippen LogP contribution in [0, 0.1) is 0 Å². The van der Waals surface area contributed by atoms with Gasteiger partial charge >= 0.3 is 0 Å². The van der Waals surface area contributed by atoms with Gasteiger partial charge in [-0.15, -0.1) is 0 Å². The molecule has 0 unspecified atom stereocenters. The van der Waals surface area contributed by atoms with Crippen LogP contribution < -0.4 is 10.9 Å². The first-order chi connectivity index (χ1) is 11.1. The lowest BCUT2D eigenvalue weighted by Gasteiger charge is -2.27. The number of hydrazine groups is 1. The average molecular weight is 337 g/mol. The Morgan fingerprint density at radius 2 is 2.17 bits per heavy atom. The second kappa shape index (κ2) is 6.66. The number of hydrogen-bond acceptors (Lipinski definition) is 5. The maximum atomic E-state index is 12.6. The molecule has 1 aliphatic heterocycles. The van der Waals surface area contributed by atoms with Crippen LogP contribution in [0.15, 0.2) is 23.3 Å². The largest absolute Gasteiger partial charge is 0.379 e. The summed E-state index contributed by atoms with van der Waals surface area (Å²) in [6, 6.07) is 1.50. The molecule has 2 aromatic heterocycles. The Balaban J connectivity index is 2.01. The number of pyridine rings is 2.